The first-order valence-corrected chi connectivity index (χ1v) is 9.33. The molecule has 0 saturated carbocycles. The number of hydrogen-bond acceptors (Lipinski definition) is 8. The van der Waals surface area contributed by atoms with Gasteiger partial charge < -0.3 is 14.2 Å². The summed E-state index contributed by atoms with van der Waals surface area (Å²) in [6.07, 6.45) is 3.95. The molecule has 0 amide bonds. The predicted octanol–water partition coefficient (Wildman–Crippen LogP) is 3.96. The highest BCUT2D eigenvalue weighted by Crippen LogP contribution is 2.29. The minimum absolute atomic E-state index is 0.0203. The summed E-state index contributed by atoms with van der Waals surface area (Å²) in [7, 11) is 0. The zero-order valence-electron chi connectivity index (χ0n) is 15.6. The van der Waals surface area contributed by atoms with Crippen LogP contribution < -0.4 is 5.32 Å². The molecule has 148 valence electrons. The van der Waals surface area contributed by atoms with Crippen molar-refractivity contribution in [3.63, 3.8) is 0 Å². The first-order valence-electron chi connectivity index (χ1n) is 9.33. The van der Waals surface area contributed by atoms with Gasteiger partial charge in [0.2, 0.25) is 17.5 Å². The maximum absolute atomic E-state index is 10.8. The van der Waals surface area contributed by atoms with Gasteiger partial charge in [-0.3, -0.25) is 15.0 Å². The van der Waals surface area contributed by atoms with Crippen LogP contribution in [0.2, 0.25) is 0 Å². The second-order valence-corrected chi connectivity index (χ2v) is 6.77. The molecule has 9 nitrogen and oxygen atoms in total. The highest BCUT2D eigenvalue weighted by molar-refractivity contribution is 5.60. The van der Waals surface area contributed by atoms with Gasteiger partial charge in [-0.05, 0) is 50.2 Å². The Hall–Kier alpha value is -3.64. The number of nitro groups is 1. The third-order valence-corrected chi connectivity index (χ3v) is 4.97. The highest BCUT2D eigenvalue weighted by Gasteiger charge is 2.26. The van der Waals surface area contributed by atoms with Crippen molar-refractivity contribution in [1.29, 1.82) is 5.26 Å². The topological polar surface area (TPSA) is 121 Å². The average Bonchev–Trinajstić information content (AvgIpc) is 3.50. The maximum Gasteiger partial charge on any atom is 0.269 e. The number of hydrogen-bond donors (Lipinski definition) is 1. The molecule has 1 aromatic carbocycles. The molecule has 1 aliphatic rings. The summed E-state index contributed by atoms with van der Waals surface area (Å²) in [5.41, 5.74) is 0.673. The van der Waals surface area contributed by atoms with E-state index in [-0.39, 0.29) is 29.2 Å². The van der Waals surface area contributed by atoms with Crippen LogP contribution >= 0.6 is 0 Å². The average molecular weight is 393 g/mol. The van der Waals surface area contributed by atoms with Crippen LogP contribution in [0.1, 0.15) is 30.3 Å². The third-order valence-electron chi connectivity index (χ3n) is 4.97. The maximum atomic E-state index is 10.8. The van der Waals surface area contributed by atoms with Crippen LogP contribution in [0.25, 0.3) is 11.5 Å². The largest absolute Gasteiger partial charge is 0.468 e. The van der Waals surface area contributed by atoms with E-state index in [9.17, 15) is 15.4 Å². The van der Waals surface area contributed by atoms with E-state index in [1.807, 2.05) is 18.2 Å². The van der Waals surface area contributed by atoms with Gasteiger partial charge in [-0.15, -0.1) is 0 Å². The van der Waals surface area contributed by atoms with Gasteiger partial charge in [-0.1, -0.05) is 0 Å². The SMILES string of the molecule is N#Cc1nc(-c2ccc([N+](=O)[O-])cc2)oc1NC[C@@H](c1ccco1)N1CCCC1. The lowest BCUT2D eigenvalue weighted by atomic mass is 10.2. The Kier molecular flexibility index (Phi) is 5.27. The van der Waals surface area contributed by atoms with Crippen molar-refractivity contribution in [3.05, 3.63) is 64.2 Å². The normalized spacial score (nSPS) is 15.1. The van der Waals surface area contributed by atoms with E-state index in [1.54, 1.807) is 18.4 Å². The van der Waals surface area contributed by atoms with Crippen LogP contribution in [0.15, 0.2) is 51.5 Å². The van der Waals surface area contributed by atoms with Crippen molar-refractivity contribution in [2.75, 3.05) is 25.0 Å². The Balaban J connectivity index is 1.53. The lowest BCUT2D eigenvalue weighted by Gasteiger charge is -2.25. The highest BCUT2D eigenvalue weighted by atomic mass is 16.6. The molecule has 1 atom stereocenters. The van der Waals surface area contributed by atoms with E-state index >= 15 is 0 Å². The second kappa shape index (κ2) is 8.16. The first kappa shape index (κ1) is 18.7. The molecule has 1 aliphatic heterocycles. The van der Waals surface area contributed by atoms with Gasteiger partial charge in [-0.25, -0.2) is 0 Å². The number of nitrogens with one attached hydrogen (secondary N) is 1. The van der Waals surface area contributed by atoms with E-state index in [0.29, 0.717) is 12.1 Å². The molecule has 4 rings (SSSR count). The predicted molar refractivity (Wildman–Crippen MR) is 104 cm³/mol. The molecule has 0 aliphatic carbocycles. The Morgan fingerprint density at radius 3 is 2.66 bits per heavy atom. The minimum atomic E-state index is -0.472. The molecule has 0 unspecified atom stereocenters. The van der Waals surface area contributed by atoms with Gasteiger partial charge in [-0.2, -0.15) is 10.2 Å². The van der Waals surface area contributed by atoms with E-state index < -0.39 is 4.92 Å². The molecule has 0 spiro atoms. The molecule has 1 N–H and O–H groups in total. The summed E-state index contributed by atoms with van der Waals surface area (Å²) in [5, 5.41) is 23.4. The van der Waals surface area contributed by atoms with Gasteiger partial charge >= 0.3 is 0 Å². The number of furan rings is 1. The number of nitriles is 1. The molecule has 3 aromatic rings. The summed E-state index contributed by atoms with van der Waals surface area (Å²) in [6, 6.07) is 11.7. The van der Waals surface area contributed by atoms with Gasteiger partial charge in [0.15, 0.2) is 0 Å². The van der Waals surface area contributed by atoms with Gasteiger partial charge in [0.25, 0.3) is 5.69 Å². The number of benzene rings is 1. The molecule has 2 aromatic heterocycles. The van der Waals surface area contributed by atoms with Crippen LogP contribution in [0.3, 0.4) is 0 Å². The van der Waals surface area contributed by atoms with Gasteiger partial charge in [0.05, 0.1) is 17.2 Å². The number of aromatic nitrogens is 1. The molecule has 3 heterocycles. The Bertz CT molecular complexity index is 1010. The van der Waals surface area contributed by atoms with Crippen LogP contribution in [-0.4, -0.2) is 34.4 Å². The van der Waals surface area contributed by atoms with E-state index in [2.05, 4.69) is 15.2 Å². The van der Waals surface area contributed by atoms with Gasteiger partial charge in [0, 0.05) is 24.2 Å². The monoisotopic (exact) mass is 393 g/mol. The van der Waals surface area contributed by atoms with E-state index in [4.69, 9.17) is 8.83 Å². The molecular weight excluding hydrogens is 374 g/mol. The number of likely N-dealkylation sites (tertiary alicyclic amines) is 1. The van der Waals surface area contributed by atoms with Crippen molar-refractivity contribution in [1.82, 2.24) is 9.88 Å². The van der Waals surface area contributed by atoms with E-state index in [0.717, 1.165) is 31.7 Å². The summed E-state index contributed by atoms with van der Waals surface area (Å²) >= 11 is 0. The lowest BCUT2D eigenvalue weighted by Crippen LogP contribution is -2.30. The summed E-state index contributed by atoms with van der Waals surface area (Å²) in [4.78, 5) is 16.9. The summed E-state index contributed by atoms with van der Waals surface area (Å²) in [5.74, 6) is 1.36. The van der Waals surface area contributed by atoms with Crippen LogP contribution in [0, 0.1) is 21.4 Å². The van der Waals surface area contributed by atoms with Crippen LogP contribution in [0.5, 0.6) is 0 Å². The summed E-state index contributed by atoms with van der Waals surface area (Å²) < 4.78 is 11.4. The molecule has 9 heteroatoms. The quantitative estimate of drug-likeness (QED) is 0.473. The molecule has 29 heavy (non-hydrogen) atoms. The fourth-order valence-corrected chi connectivity index (χ4v) is 3.50. The van der Waals surface area contributed by atoms with Gasteiger partial charge in [0.1, 0.15) is 11.8 Å². The van der Waals surface area contributed by atoms with Crippen LogP contribution in [-0.2, 0) is 0 Å². The number of nitrogens with zero attached hydrogens (tertiary/aromatic N) is 4. The number of anilines is 1. The minimum Gasteiger partial charge on any atom is -0.468 e. The van der Waals surface area contributed by atoms with Crippen molar-refractivity contribution in [2.24, 2.45) is 0 Å². The van der Waals surface area contributed by atoms with Crippen molar-refractivity contribution < 1.29 is 13.8 Å². The lowest BCUT2D eigenvalue weighted by molar-refractivity contribution is -0.384. The van der Waals surface area contributed by atoms with Crippen molar-refractivity contribution in [2.45, 2.75) is 18.9 Å². The first-order chi connectivity index (χ1) is 14.2. The zero-order valence-corrected chi connectivity index (χ0v) is 15.6. The Morgan fingerprint density at radius 1 is 1.28 bits per heavy atom. The van der Waals surface area contributed by atoms with Crippen LogP contribution in [0.4, 0.5) is 11.6 Å². The number of non-ortho nitro benzene ring substituents is 1. The smallest absolute Gasteiger partial charge is 0.269 e. The number of rotatable bonds is 7. The fraction of sp³-hybridized carbons (Fsp3) is 0.300. The number of nitro benzene ring substituents is 1. The molecule has 0 radical (unpaired) electrons. The number of oxazole rings is 1. The van der Waals surface area contributed by atoms with Crippen molar-refractivity contribution in [3.8, 4) is 17.5 Å². The van der Waals surface area contributed by atoms with E-state index in [1.165, 1.54) is 12.1 Å². The summed E-state index contributed by atoms with van der Waals surface area (Å²) in [6.45, 7) is 2.47. The van der Waals surface area contributed by atoms with Crippen molar-refractivity contribution >= 4 is 11.6 Å². The fourth-order valence-electron chi connectivity index (χ4n) is 3.50. The Labute approximate surface area is 166 Å². The Morgan fingerprint density at radius 2 is 2.03 bits per heavy atom. The zero-order chi connectivity index (χ0) is 20.2. The molecule has 1 saturated heterocycles. The second-order valence-electron chi connectivity index (χ2n) is 6.77. The standard InChI is InChI=1S/C20H19N5O4/c21-12-16-20(29-19(23-16)14-5-7-15(8-6-14)25(26)27)22-13-17(18-4-3-11-28-18)24-9-1-2-10-24/h3-8,11,17,22H,1-2,9-10,13H2/t17-/m0/s1. The molecule has 1 fully saturated rings. The third kappa shape index (κ3) is 3.97. The molecule has 0 bridgehead atoms. The molecular formula is C20H19N5O4.